The molecule has 0 saturated heterocycles. The minimum Gasteiger partial charge on any atom is -0.252 e. The van der Waals surface area contributed by atoms with Crippen LogP contribution in [0.5, 0.6) is 0 Å². The second kappa shape index (κ2) is 5.51. The van der Waals surface area contributed by atoms with Gasteiger partial charge < -0.3 is 0 Å². The molecule has 0 N–H and O–H groups in total. The predicted octanol–water partition coefficient (Wildman–Crippen LogP) is 6.18. The summed E-state index contributed by atoms with van der Waals surface area (Å²) in [6.07, 6.45) is 0. The summed E-state index contributed by atoms with van der Waals surface area (Å²) in [5.41, 5.74) is 4.77. The van der Waals surface area contributed by atoms with Crippen molar-refractivity contribution < 1.29 is 0 Å². The van der Waals surface area contributed by atoms with E-state index in [9.17, 15) is 0 Å². The summed E-state index contributed by atoms with van der Waals surface area (Å²) in [6, 6.07) is 25.7. The van der Waals surface area contributed by atoms with E-state index in [4.69, 9.17) is 4.98 Å². The van der Waals surface area contributed by atoms with Gasteiger partial charge >= 0.3 is 0 Å². The van der Waals surface area contributed by atoms with Crippen molar-refractivity contribution in [1.82, 2.24) is 4.98 Å². The zero-order chi connectivity index (χ0) is 15.8. The van der Waals surface area contributed by atoms with Crippen LogP contribution in [0.4, 0.5) is 0 Å². The topological polar surface area (TPSA) is 12.9 Å². The molecule has 0 spiro atoms. The van der Waals surface area contributed by atoms with Crippen LogP contribution in [0.1, 0.15) is 25.5 Å². The molecule has 0 bridgehead atoms. The molecule has 0 aliphatic carbocycles. The molecule has 0 atom stereocenters. The molecule has 1 nitrogen and oxygen atoms in total. The Labute approximate surface area is 136 Å². The van der Waals surface area contributed by atoms with Gasteiger partial charge in [-0.05, 0) is 28.5 Å². The van der Waals surface area contributed by atoms with Gasteiger partial charge in [-0.25, -0.2) is 0 Å². The van der Waals surface area contributed by atoms with Gasteiger partial charge in [0.25, 0.3) is 0 Å². The highest BCUT2D eigenvalue weighted by atomic mass is 14.7. The zero-order valence-electron chi connectivity index (χ0n) is 13.5. The lowest BCUT2D eigenvalue weighted by molar-refractivity contribution is 0.831. The molecule has 0 aliphatic rings. The van der Waals surface area contributed by atoms with Gasteiger partial charge in [-0.15, -0.1) is 0 Å². The van der Waals surface area contributed by atoms with E-state index in [0.717, 1.165) is 11.2 Å². The fourth-order valence-electron chi connectivity index (χ4n) is 3.13. The number of hydrogen-bond acceptors (Lipinski definition) is 1. The summed E-state index contributed by atoms with van der Waals surface area (Å²) in [5, 5.41) is 3.69. The molecule has 0 fully saturated rings. The summed E-state index contributed by atoms with van der Waals surface area (Å²) < 4.78 is 0. The van der Waals surface area contributed by atoms with Gasteiger partial charge in [0.1, 0.15) is 0 Å². The monoisotopic (exact) mass is 297 g/mol. The Morgan fingerprint density at radius 3 is 2.26 bits per heavy atom. The second-order valence-electron chi connectivity index (χ2n) is 6.30. The van der Waals surface area contributed by atoms with Crippen LogP contribution in [0.15, 0.2) is 72.8 Å². The molecule has 0 aliphatic heterocycles. The number of nitrogens with zero attached hydrogens (tertiary/aromatic N) is 1. The Bertz CT molecular complexity index is 985. The molecule has 112 valence electrons. The predicted molar refractivity (Wildman–Crippen MR) is 98.8 cm³/mol. The fourth-order valence-corrected chi connectivity index (χ4v) is 3.13. The molecule has 0 unspecified atom stereocenters. The van der Waals surface area contributed by atoms with E-state index in [0.29, 0.717) is 5.92 Å². The van der Waals surface area contributed by atoms with Crippen molar-refractivity contribution in [2.75, 3.05) is 0 Å². The minimum atomic E-state index is 0.404. The first-order chi connectivity index (χ1) is 11.2. The molecular weight excluding hydrogens is 278 g/mol. The first-order valence-corrected chi connectivity index (χ1v) is 8.12. The van der Waals surface area contributed by atoms with Crippen molar-refractivity contribution in [2.45, 2.75) is 19.8 Å². The summed E-state index contributed by atoms with van der Waals surface area (Å²) in [7, 11) is 0. The highest BCUT2D eigenvalue weighted by Crippen LogP contribution is 2.34. The highest BCUT2D eigenvalue weighted by molar-refractivity contribution is 6.10. The maximum Gasteiger partial charge on any atom is 0.0789 e. The van der Waals surface area contributed by atoms with E-state index in [1.165, 1.54) is 27.3 Å². The molecule has 0 saturated carbocycles. The van der Waals surface area contributed by atoms with Crippen molar-refractivity contribution >= 4 is 21.7 Å². The van der Waals surface area contributed by atoms with Crippen LogP contribution in [0.25, 0.3) is 32.8 Å². The smallest absolute Gasteiger partial charge is 0.0789 e. The normalized spacial score (nSPS) is 11.4. The van der Waals surface area contributed by atoms with Gasteiger partial charge in [-0.3, -0.25) is 4.98 Å². The summed E-state index contributed by atoms with van der Waals surface area (Å²) in [6.45, 7) is 4.40. The van der Waals surface area contributed by atoms with Gasteiger partial charge in [-0.1, -0.05) is 80.6 Å². The van der Waals surface area contributed by atoms with Gasteiger partial charge in [-0.2, -0.15) is 0 Å². The average Bonchev–Trinajstić information content (AvgIpc) is 2.61. The van der Waals surface area contributed by atoms with Crippen molar-refractivity contribution in [1.29, 1.82) is 0 Å². The zero-order valence-corrected chi connectivity index (χ0v) is 13.5. The number of rotatable bonds is 2. The molecule has 4 aromatic rings. The quantitative estimate of drug-likeness (QED) is 0.403. The Kier molecular flexibility index (Phi) is 3.34. The molecular formula is C22H19N. The molecule has 0 amide bonds. The largest absolute Gasteiger partial charge is 0.252 e. The van der Waals surface area contributed by atoms with Crippen LogP contribution in [-0.4, -0.2) is 4.98 Å². The summed E-state index contributed by atoms with van der Waals surface area (Å²) in [5.74, 6) is 0.404. The standard InChI is InChI=1S/C22H19N/c1-15(2)21-14-20(16-8-4-3-5-9-16)19-13-12-17-10-6-7-11-18(17)22(19)23-21/h3-15H,1-2H3. The third-order valence-electron chi connectivity index (χ3n) is 4.40. The lowest BCUT2D eigenvalue weighted by Gasteiger charge is -2.13. The van der Waals surface area contributed by atoms with E-state index < -0.39 is 0 Å². The molecule has 4 rings (SSSR count). The van der Waals surface area contributed by atoms with Gasteiger partial charge in [0.2, 0.25) is 0 Å². The first kappa shape index (κ1) is 14.0. The van der Waals surface area contributed by atoms with Crippen LogP contribution < -0.4 is 0 Å². The molecule has 3 aromatic carbocycles. The Balaban J connectivity index is 2.15. The number of aromatic nitrogens is 1. The molecule has 1 heterocycles. The second-order valence-corrected chi connectivity index (χ2v) is 6.30. The van der Waals surface area contributed by atoms with Gasteiger partial charge in [0, 0.05) is 16.5 Å². The van der Waals surface area contributed by atoms with E-state index in [2.05, 4.69) is 86.6 Å². The first-order valence-electron chi connectivity index (χ1n) is 8.12. The summed E-state index contributed by atoms with van der Waals surface area (Å²) >= 11 is 0. The van der Waals surface area contributed by atoms with E-state index in [-0.39, 0.29) is 0 Å². The van der Waals surface area contributed by atoms with Crippen LogP contribution in [-0.2, 0) is 0 Å². The third kappa shape index (κ3) is 2.39. The Hall–Kier alpha value is -2.67. The number of fused-ring (bicyclic) bond motifs is 3. The van der Waals surface area contributed by atoms with Crippen LogP contribution in [0.2, 0.25) is 0 Å². The SMILES string of the molecule is CC(C)c1cc(-c2ccccc2)c2ccc3ccccc3c2n1. The third-order valence-corrected chi connectivity index (χ3v) is 4.40. The van der Waals surface area contributed by atoms with Gasteiger partial charge in [0.15, 0.2) is 0 Å². The molecule has 0 radical (unpaired) electrons. The van der Waals surface area contributed by atoms with Crippen molar-refractivity contribution in [3.63, 3.8) is 0 Å². The van der Waals surface area contributed by atoms with Crippen molar-refractivity contribution in [2.24, 2.45) is 0 Å². The Morgan fingerprint density at radius 2 is 1.48 bits per heavy atom. The number of hydrogen-bond donors (Lipinski definition) is 0. The number of benzene rings is 3. The average molecular weight is 297 g/mol. The van der Waals surface area contributed by atoms with Crippen LogP contribution >= 0.6 is 0 Å². The fraction of sp³-hybridized carbons (Fsp3) is 0.136. The van der Waals surface area contributed by atoms with E-state index in [1.54, 1.807) is 0 Å². The van der Waals surface area contributed by atoms with Crippen LogP contribution in [0, 0.1) is 0 Å². The lowest BCUT2D eigenvalue weighted by Crippen LogP contribution is -1.96. The van der Waals surface area contributed by atoms with Crippen LogP contribution in [0.3, 0.4) is 0 Å². The Morgan fingerprint density at radius 1 is 0.739 bits per heavy atom. The molecule has 23 heavy (non-hydrogen) atoms. The van der Waals surface area contributed by atoms with Crippen molar-refractivity contribution in [3.8, 4) is 11.1 Å². The summed E-state index contributed by atoms with van der Waals surface area (Å²) in [4.78, 5) is 4.99. The molecule has 1 heteroatoms. The number of pyridine rings is 1. The van der Waals surface area contributed by atoms with E-state index in [1.807, 2.05) is 0 Å². The lowest BCUT2D eigenvalue weighted by atomic mass is 9.95. The maximum atomic E-state index is 4.99. The van der Waals surface area contributed by atoms with E-state index >= 15 is 0 Å². The maximum absolute atomic E-state index is 4.99. The van der Waals surface area contributed by atoms with Crippen molar-refractivity contribution in [3.05, 3.63) is 78.5 Å². The molecule has 1 aromatic heterocycles. The highest BCUT2D eigenvalue weighted by Gasteiger charge is 2.12. The van der Waals surface area contributed by atoms with Gasteiger partial charge in [0.05, 0.1) is 5.52 Å². The minimum absolute atomic E-state index is 0.404.